The van der Waals surface area contributed by atoms with Gasteiger partial charge in [-0.1, -0.05) is 12.8 Å². The molecule has 3 heterocycles. The largest absolute Gasteiger partial charge is 0.351 e. The molecule has 0 aromatic carbocycles. The normalized spacial score (nSPS) is 24.4. The van der Waals surface area contributed by atoms with Crippen molar-refractivity contribution in [2.75, 3.05) is 13.1 Å². The predicted octanol–water partition coefficient (Wildman–Crippen LogP) is 2.15. The minimum atomic E-state index is 0.0616. The third-order valence-corrected chi connectivity index (χ3v) is 6.53. The van der Waals surface area contributed by atoms with Crippen LogP contribution in [0.1, 0.15) is 53.8 Å². The first-order valence-corrected chi connectivity index (χ1v) is 10.3. The van der Waals surface area contributed by atoms with Gasteiger partial charge in [0, 0.05) is 30.4 Å². The number of hydrogen-bond donors (Lipinski definition) is 2. The molecular weight excluding hydrogens is 348 g/mol. The first-order valence-electron chi connectivity index (χ1n) is 9.40. The van der Waals surface area contributed by atoms with Crippen molar-refractivity contribution in [2.24, 2.45) is 5.92 Å². The number of likely N-dealkylation sites (tertiary alicyclic amines) is 1. The molecule has 1 saturated heterocycles. The van der Waals surface area contributed by atoms with Gasteiger partial charge in [-0.15, -0.1) is 11.3 Å². The third kappa shape index (κ3) is 3.66. The molecule has 8 heteroatoms. The number of aryl methyl sites for hydroxylation is 2. The highest BCUT2D eigenvalue weighted by molar-refractivity contribution is 7.09. The molecule has 2 aliphatic rings. The fourth-order valence-corrected chi connectivity index (χ4v) is 4.94. The number of amides is 1. The van der Waals surface area contributed by atoms with Gasteiger partial charge in [0.15, 0.2) is 5.82 Å². The van der Waals surface area contributed by atoms with Crippen molar-refractivity contribution >= 4 is 17.2 Å². The SMILES string of the molecule is Cc1nc([C@@H]2CN(Cc3scnc3C)C[C@H]2NC(=O)C2CCCC2)n[nH]1. The highest BCUT2D eigenvalue weighted by atomic mass is 32.1. The van der Waals surface area contributed by atoms with Crippen molar-refractivity contribution in [1.82, 2.24) is 30.4 Å². The molecule has 2 N–H and O–H groups in total. The summed E-state index contributed by atoms with van der Waals surface area (Å²) in [6, 6.07) is 0.0616. The smallest absolute Gasteiger partial charge is 0.223 e. The fraction of sp³-hybridized carbons (Fsp3) is 0.667. The zero-order valence-corrected chi connectivity index (χ0v) is 16.2. The van der Waals surface area contributed by atoms with E-state index in [1.54, 1.807) is 11.3 Å². The minimum absolute atomic E-state index is 0.0616. The first kappa shape index (κ1) is 17.6. The number of aromatic nitrogens is 4. The van der Waals surface area contributed by atoms with E-state index in [0.717, 1.165) is 49.8 Å². The van der Waals surface area contributed by atoms with Crippen LogP contribution in [0.25, 0.3) is 0 Å². The van der Waals surface area contributed by atoms with E-state index in [1.165, 1.54) is 17.7 Å². The van der Waals surface area contributed by atoms with E-state index < -0.39 is 0 Å². The van der Waals surface area contributed by atoms with Crippen molar-refractivity contribution in [2.45, 2.75) is 58.0 Å². The number of hydrogen-bond acceptors (Lipinski definition) is 6. The van der Waals surface area contributed by atoms with E-state index in [2.05, 4.69) is 37.3 Å². The van der Waals surface area contributed by atoms with Crippen molar-refractivity contribution in [1.29, 1.82) is 0 Å². The second-order valence-corrected chi connectivity index (χ2v) is 8.48. The molecule has 26 heavy (non-hydrogen) atoms. The number of aromatic amines is 1. The van der Waals surface area contributed by atoms with Crippen LogP contribution in [0.4, 0.5) is 0 Å². The molecule has 2 fully saturated rings. The molecule has 140 valence electrons. The number of nitrogens with one attached hydrogen (secondary N) is 2. The molecule has 2 atom stereocenters. The van der Waals surface area contributed by atoms with Gasteiger partial charge in [-0.05, 0) is 26.7 Å². The highest BCUT2D eigenvalue weighted by Crippen LogP contribution is 2.30. The number of carbonyl (C=O) groups excluding carboxylic acids is 1. The molecule has 0 spiro atoms. The number of nitrogens with zero attached hydrogens (tertiary/aromatic N) is 4. The van der Waals surface area contributed by atoms with E-state index in [4.69, 9.17) is 0 Å². The van der Waals surface area contributed by atoms with Crippen molar-refractivity contribution in [3.8, 4) is 0 Å². The lowest BCUT2D eigenvalue weighted by Gasteiger charge is -2.20. The summed E-state index contributed by atoms with van der Waals surface area (Å²) in [5.41, 5.74) is 3.00. The molecule has 1 aliphatic heterocycles. The second-order valence-electron chi connectivity index (χ2n) is 7.54. The summed E-state index contributed by atoms with van der Waals surface area (Å²) in [7, 11) is 0. The Balaban J connectivity index is 1.48. The molecule has 1 amide bonds. The van der Waals surface area contributed by atoms with Crippen molar-refractivity contribution in [3.05, 3.63) is 27.7 Å². The standard InChI is InChI=1S/C18H26N6OS/c1-11-16(26-10-19-11)9-24-7-14(17-20-12(2)22-23-17)15(8-24)21-18(25)13-5-3-4-6-13/h10,13-15H,3-9H2,1-2H3,(H,21,25)(H,20,22,23)/t14-,15-/m1/s1. The Morgan fingerprint density at radius 2 is 2.15 bits per heavy atom. The maximum absolute atomic E-state index is 12.7. The van der Waals surface area contributed by atoms with Crippen molar-refractivity contribution < 1.29 is 4.79 Å². The van der Waals surface area contributed by atoms with Crippen LogP contribution in [0, 0.1) is 19.8 Å². The van der Waals surface area contributed by atoms with Crippen LogP contribution >= 0.6 is 11.3 Å². The summed E-state index contributed by atoms with van der Waals surface area (Å²) in [5, 5.41) is 10.6. The van der Waals surface area contributed by atoms with Gasteiger partial charge in [0.25, 0.3) is 0 Å². The molecule has 0 bridgehead atoms. The van der Waals surface area contributed by atoms with Gasteiger partial charge in [0.05, 0.1) is 23.2 Å². The Hall–Kier alpha value is -1.80. The lowest BCUT2D eigenvalue weighted by molar-refractivity contribution is -0.125. The van der Waals surface area contributed by atoms with Gasteiger partial charge in [-0.2, -0.15) is 5.10 Å². The maximum atomic E-state index is 12.7. The summed E-state index contributed by atoms with van der Waals surface area (Å²) >= 11 is 1.70. The molecule has 1 saturated carbocycles. The first-order chi connectivity index (χ1) is 12.6. The van der Waals surface area contributed by atoms with Crippen LogP contribution in [0.5, 0.6) is 0 Å². The Morgan fingerprint density at radius 1 is 1.35 bits per heavy atom. The number of carbonyl (C=O) groups is 1. The summed E-state index contributed by atoms with van der Waals surface area (Å²) in [6.45, 7) is 6.51. The Kier molecular flexibility index (Phi) is 5.04. The zero-order chi connectivity index (χ0) is 18.1. The van der Waals surface area contributed by atoms with Crippen LogP contribution in [0.3, 0.4) is 0 Å². The quantitative estimate of drug-likeness (QED) is 0.837. The number of rotatable bonds is 5. The predicted molar refractivity (Wildman–Crippen MR) is 99.9 cm³/mol. The van der Waals surface area contributed by atoms with Gasteiger partial charge >= 0.3 is 0 Å². The second kappa shape index (κ2) is 7.44. The maximum Gasteiger partial charge on any atom is 0.223 e. The lowest BCUT2D eigenvalue weighted by atomic mass is 10.0. The Labute approximate surface area is 157 Å². The summed E-state index contributed by atoms with van der Waals surface area (Å²) in [5.74, 6) is 2.14. The summed E-state index contributed by atoms with van der Waals surface area (Å²) < 4.78 is 0. The number of H-pyrrole nitrogens is 1. The number of thiazole rings is 1. The molecular formula is C18H26N6OS. The molecule has 2 aromatic rings. The molecule has 0 unspecified atom stereocenters. The van der Waals surface area contributed by atoms with Crippen LogP contribution in [-0.4, -0.2) is 50.1 Å². The van der Waals surface area contributed by atoms with E-state index in [0.29, 0.717) is 0 Å². The van der Waals surface area contributed by atoms with Crippen molar-refractivity contribution in [3.63, 3.8) is 0 Å². The fourth-order valence-electron chi connectivity index (χ4n) is 4.12. The molecule has 7 nitrogen and oxygen atoms in total. The Morgan fingerprint density at radius 3 is 2.81 bits per heavy atom. The van der Waals surface area contributed by atoms with E-state index in [-0.39, 0.29) is 23.8 Å². The topological polar surface area (TPSA) is 86.8 Å². The average molecular weight is 375 g/mol. The molecule has 2 aromatic heterocycles. The Bertz CT molecular complexity index is 765. The lowest BCUT2D eigenvalue weighted by Crippen LogP contribution is -2.42. The van der Waals surface area contributed by atoms with Crippen LogP contribution < -0.4 is 5.32 Å². The van der Waals surface area contributed by atoms with E-state index in [9.17, 15) is 4.79 Å². The van der Waals surface area contributed by atoms with Gasteiger partial charge in [-0.25, -0.2) is 9.97 Å². The summed E-state index contributed by atoms with van der Waals surface area (Å²) in [4.78, 5) is 25.2. The van der Waals surface area contributed by atoms with Crippen LogP contribution in [0.2, 0.25) is 0 Å². The van der Waals surface area contributed by atoms with E-state index in [1.807, 2.05) is 12.4 Å². The van der Waals surface area contributed by atoms with Crippen LogP contribution in [0.15, 0.2) is 5.51 Å². The average Bonchev–Trinajstić information content (AvgIpc) is 3.37. The highest BCUT2D eigenvalue weighted by Gasteiger charge is 2.38. The molecule has 4 rings (SSSR count). The van der Waals surface area contributed by atoms with Gasteiger partial charge in [0.1, 0.15) is 5.82 Å². The van der Waals surface area contributed by atoms with Gasteiger partial charge in [-0.3, -0.25) is 14.8 Å². The van der Waals surface area contributed by atoms with Gasteiger partial charge in [0.2, 0.25) is 5.91 Å². The third-order valence-electron chi connectivity index (χ3n) is 5.61. The minimum Gasteiger partial charge on any atom is -0.351 e. The summed E-state index contributed by atoms with van der Waals surface area (Å²) in [6.07, 6.45) is 4.38. The molecule has 1 aliphatic carbocycles. The monoisotopic (exact) mass is 374 g/mol. The van der Waals surface area contributed by atoms with Gasteiger partial charge < -0.3 is 5.32 Å². The zero-order valence-electron chi connectivity index (χ0n) is 15.4. The molecule has 0 radical (unpaired) electrons. The van der Waals surface area contributed by atoms with E-state index >= 15 is 0 Å². The van der Waals surface area contributed by atoms with Crippen LogP contribution in [-0.2, 0) is 11.3 Å².